The molecular formula is C33H42F2N6O2S. The number of hydrogen-bond acceptors (Lipinski definition) is 6. The van der Waals surface area contributed by atoms with Gasteiger partial charge in [0.1, 0.15) is 11.6 Å². The van der Waals surface area contributed by atoms with Crippen LogP contribution in [0.1, 0.15) is 87.8 Å². The number of thiophene rings is 1. The summed E-state index contributed by atoms with van der Waals surface area (Å²) in [5.74, 6) is -0.562. The smallest absolute Gasteiger partial charge is 0.272 e. The summed E-state index contributed by atoms with van der Waals surface area (Å²) >= 11 is 0.745. The molecule has 0 radical (unpaired) electrons. The number of carbonyl (C=O) groups is 2. The SMILES string of the molecule is C[C@H](NCc1ccc2c(c1)nc(NC(=O)c1ccc(C(F)F)s1)n2C[C@H]1CCCN1C(=O)/C(C#N)=C/C(C)(C)C)C(C)(C)C. The fraction of sp³-hybridized carbons (Fsp3) is 0.515. The van der Waals surface area contributed by atoms with E-state index in [4.69, 9.17) is 4.98 Å². The van der Waals surface area contributed by atoms with Crippen LogP contribution < -0.4 is 10.6 Å². The predicted molar refractivity (Wildman–Crippen MR) is 171 cm³/mol. The van der Waals surface area contributed by atoms with Crippen molar-refractivity contribution < 1.29 is 18.4 Å². The van der Waals surface area contributed by atoms with Gasteiger partial charge in [0, 0.05) is 25.7 Å². The number of aromatic nitrogens is 2. The minimum Gasteiger partial charge on any atom is -0.333 e. The van der Waals surface area contributed by atoms with Crippen LogP contribution in [0, 0.1) is 22.2 Å². The minimum atomic E-state index is -2.66. The van der Waals surface area contributed by atoms with E-state index in [-0.39, 0.29) is 50.1 Å². The molecule has 2 N–H and O–H groups in total. The molecule has 0 saturated carbocycles. The Morgan fingerprint density at radius 2 is 1.91 bits per heavy atom. The summed E-state index contributed by atoms with van der Waals surface area (Å²) < 4.78 is 28.3. The third-order valence-corrected chi connectivity index (χ3v) is 9.07. The van der Waals surface area contributed by atoms with E-state index in [9.17, 15) is 23.6 Å². The van der Waals surface area contributed by atoms with Crippen LogP contribution in [0.25, 0.3) is 11.0 Å². The van der Waals surface area contributed by atoms with Crippen LogP contribution in [0.3, 0.4) is 0 Å². The number of benzene rings is 1. The molecule has 1 fully saturated rings. The molecule has 2 aromatic heterocycles. The molecule has 0 spiro atoms. The van der Waals surface area contributed by atoms with Crippen LogP contribution in [-0.4, -0.2) is 44.9 Å². The number of alkyl halides is 2. The van der Waals surface area contributed by atoms with Crippen molar-refractivity contribution in [2.45, 2.75) is 92.9 Å². The lowest BCUT2D eigenvalue weighted by atomic mass is 9.88. The van der Waals surface area contributed by atoms with Crippen LogP contribution in [-0.2, 0) is 17.9 Å². The van der Waals surface area contributed by atoms with Crippen molar-refractivity contribution in [1.82, 2.24) is 19.8 Å². The maximum Gasteiger partial charge on any atom is 0.272 e. The zero-order chi connectivity index (χ0) is 32.4. The third kappa shape index (κ3) is 7.90. The molecule has 11 heteroatoms. The molecule has 3 heterocycles. The average Bonchev–Trinajstić information content (AvgIpc) is 3.68. The molecule has 44 heavy (non-hydrogen) atoms. The van der Waals surface area contributed by atoms with E-state index in [0.29, 0.717) is 25.2 Å². The highest BCUT2D eigenvalue weighted by Gasteiger charge is 2.33. The molecule has 3 aromatic rings. The molecule has 1 aliphatic heterocycles. The number of imidazole rings is 1. The van der Waals surface area contributed by atoms with Gasteiger partial charge in [0.15, 0.2) is 0 Å². The van der Waals surface area contributed by atoms with Gasteiger partial charge in [-0.1, -0.05) is 53.7 Å². The number of halogens is 2. The lowest BCUT2D eigenvalue weighted by molar-refractivity contribution is -0.127. The Bertz CT molecular complexity index is 1590. The van der Waals surface area contributed by atoms with Crippen molar-refractivity contribution in [1.29, 1.82) is 5.26 Å². The standard InChI is InChI=1S/C33H42F2N6O2S/c1-20(33(5,6)7)37-18-21-10-11-25-24(15-21)38-31(39-29(42)27-13-12-26(44-27)28(34)35)41(25)19-23-9-8-14-40(23)30(43)22(17-36)16-32(2,3)4/h10-13,15-16,20,23,28,37H,8-9,14,18-19H2,1-7H3,(H,38,39,42)/b22-16+/t20-,23+/m0/s1. The summed E-state index contributed by atoms with van der Waals surface area (Å²) in [6, 6.07) is 10.7. The molecule has 4 rings (SSSR count). The van der Waals surface area contributed by atoms with Gasteiger partial charge in [-0.2, -0.15) is 5.26 Å². The van der Waals surface area contributed by atoms with E-state index < -0.39 is 12.3 Å². The van der Waals surface area contributed by atoms with Gasteiger partial charge in [-0.25, -0.2) is 13.8 Å². The van der Waals surface area contributed by atoms with Gasteiger partial charge in [-0.3, -0.25) is 14.9 Å². The highest BCUT2D eigenvalue weighted by molar-refractivity contribution is 7.14. The summed E-state index contributed by atoms with van der Waals surface area (Å²) in [7, 11) is 0. The first-order chi connectivity index (χ1) is 20.6. The Morgan fingerprint density at radius 3 is 2.52 bits per heavy atom. The van der Waals surface area contributed by atoms with Crippen LogP contribution >= 0.6 is 11.3 Å². The largest absolute Gasteiger partial charge is 0.333 e. The topological polar surface area (TPSA) is 103 Å². The monoisotopic (exact) mass is 624 g/mol. The molecule has 236 valence electrons. The van der Waals surface area contributed by atoms with Crippen molar-refractivity contribution in [3.8, 4) is 6.07 Å². The first kappa shape index (κ1) is 33.3. The Hall–Kier alpha value is -3.62. The fourth-order valence-electron chi connectivity index (χ4n) is 5.13. The second-order valence-corrected chi connectivity index (χ2v) is 14.7. The maximum absolute atomic E-state index is 13.5. The Balaban J connectivity index is 1.67. The van der Waals surface area contributed by atoms with E-state index in [0.717, 1.165) is 35.3 Å². The van der Waals surface area contributed by atoms with Gasteiger partial charge in [0.05, 0.1) is 26.8 Å². The van der Waals surface area contributed by atoms with Crippen molar-refractivity contribution in [2.24, 2.45) is 10.8 Å². The van der Waals surface area contributed by atoms with Crippen molar-refractivity contribution in [3.05, 3.63) is 57.3 Å². The zero-order valence-corrected chi connectivity index (χ0v) is 27.3. The van der Waals surface area contributed by atoms with Gasteiger partial charge in [-0.15, -0.1) is 11.3 Å². The summed E-state index contributed by atoms with van der Waals surface area (Å²) in [5.41, 5.74) is 2.34. The van der Waals surface area contributed by atoms with Crippen LogP contribution in [0.5, 0.6) is 0 Å². The number of nitrogens with zero attached hydrogens (tertiary/aromatic N) is 4. The van der Waals surface area contributed by atoms with Gasteiger partial charge < -0.3 is 14.8 Å². The van der Waals surface area contributed by atoms with E-state index in [1.165, 1.54) is 12.1 Å². The van der Waals surface area contributed by atoms with Crippen molar-refractivity contribution in [3.63, 3.8) is 0 Å². The van der Waals surface area contributed by atoms with Gasteiger partial charge in [-0.05, 0) is 60.4 Å². The highest BCUT2D eigenvalue weighted by Crippen LogP contribution is 2.30. The maximum atomic E-state index is 13.5. The van der Waals surface area contributed by atoms with E-state index in [1.54, 1.807) is 11.0 Å². The lowest BCUT2D eigenvalue weighted by Crippen LogP contribution is -2.39. The highest BCUT2D eigenvalue weighted by atomic mass is 32.1. The quantitative estimate of drug-likeness (QED) is 0.192. The zero-order valence-electron chi connectivity index (χ0n) is 26.5. The molecule has 0 unspecified atom stereocenters. The molecule has 0 bridgehead atoms. The van der Waals surface area contributed by atoms with Gasteiger partial charge in [0.25, 0.3) is 18.2 Å². The number of hydrogen-bond donors (Lipinski definition) is 2. The first-order valence-electron chi connectivity index (χ1n) is 14.9. The van der Waals surface area contributed by atoms with Crippen LogP contribution in [0.4, 0.5) is 14.7 Å². The molecular weight excluding hydrogens is 582 g/mol. The predicted octanol–water partition coefficient (Wildman–Crippen LogP) is 7.30. The van der Waals surface area contributed by atoms with E-state index >= 15 is 0 Å². The number of amides is 2. The summed E-state index contributed by atoms with van der Waals surface area (Å²) in [6.45, 7) is 16.0. The average molecular weight is 625 g/mol. The van der Waals surface area contributed by atoms with Crippen LogP contribution in [0.15, 0.2) is 42.0 Å². The molecule has 8 nitrogen and oxygen atoms in total. The Labute approximate surface area is 262 Å². The first-order valence-corrected chi connectivity index (χ1v) is 15.7. The molecule has 1 saturated heterocycles. The number of rotatable bonds is 9. The van der Waals surface area contributed by atoms with Crippen molar-refractivity contribution >= 4 is 40.1 Å². The Morgan fingerprint density at radius 1 is 1.18 bits per heavy atom. The number of likely N-dealkylation sites (tertiary alicyclic amines) is 1. The molecule has 1 aromatic carbocycles. The van der Waals surface area contributed by atoms with Gasteiger partial charge >= 0.3 is 0 Å². The molecule has 0 aliphatic carbocycles. The summed E-state index contributed by atoms with van der Waals surface area (Å²) in [4.78, 5) is 33.1. The minimum absolute atomic E-state index is 0.0905. The number of nitriles is 1. The summed E-state index contributed by atoms with van der Waals surface area (Å²) in [5, 5.41) is 16.2. The molecule has 2 amide bonds. The number of anilines is 1. The second kappa shape index (κ2) is 13.2. The van der Waals surface area contributed by atoms with Crippen molar-refractivity contribution in [2.75, 3.05) is 11.9 Å². The number of fused-ring (bicyclic) bond motifs is 1. The van der Waals surface area contributed by atoms with Gasteiger partial charge in [0.2, 0.25) is 5.95 Å². The number of nitrogens with one attached hydrogen (secondary N) is 2. The number of allylic oxidation sites excluding steroid dienone is 1. The second-order valence-electron chi connectivity index (χ2n) is 13.6. The van der Waals surface area contributed by atoms with Crippen LogP contribution in [0.2, 0.25) is 0 Å². The summed E-state index contributed by atoms with van der Waals surface area (Å²) in [6.07, 6.45) is 0.554. The van der Waals surface area contributed by atoms with E-state index in [2.05, 4.69) is 44.4 Å². The fourth-order valence-corrected chi connectivity index (χ4v) is 5.89. The lowest BCUT2D eigenvalue weighted by Gasteiger charge is -2.28. The number of carbonyl (C=O) groups excluding carboxylic acids is 2. The molecule has 1 aliphatic rings. The molecule has 2 atom stereocenters. The Kier molecular flexibility index (Phi) is 9.96. The third-order valence-electron chi connectivity index (χ3n) is 7.97. The van der Waals surface area contributed by atoms with E-state index in [1.807, 2.05) is 43.5 Å². The normalized spacial score (nSPS) is 16.9.